The van der Waals surface area contributed by atoms with Crippen molar-refractivity contribution in [3.8, 4) is 0 Å². The molecule has 1 aliphatic rings. The Morgan fingerprint density at radius 1 is 1.59 bits per heavy atom. The third kappa shape index (κ3) is 2.87. The number of β-amino-alcohol motifs (C(OH)–C–C–N with tert-alkyl or cyclic N) is 1. The van der Waals surface area contributed by atoms with E-state index in [4.69, 9.17) is 5.73 Å². The first-order chi connectivity index (χ1) is 8.06. The number of aliphatic hydroxyl groups excluding tert-OH is 1. The molecule has 0 bridgehead atoms. The fourth-order valence-electron chi connectivity index (χ4n) is 2.36. The van der Waals surface area contributed by atoms with Crippen molar-refractivity contribution in [2.24, 2.45) is 0 Å². The van der Waals surface area contributed by atoms with Gasteiger partial charge in [0, 0.05) is 37.1 Å². The maximum atomic E-state index is 9.79. The number of hydrogen-bond acceptors (Lipinski definition) is 5. The molecule has 0 amide bonds. The third-order valence-corrected chi connectivity index (χ3v) is 3.03. The molecule has 1 saturated heterocycles. The summed E-state index contributed by atoms with van der Waals surface area (Å²) in [5.74, 6) is 0.855. The zero-order valence-electron chi connectivity index (χ0n) is 10.4. The molecule has 94 valence electrons. The highest BCUT2D eigenvalue weighted by molar-refractivity contribution is 5.51. The predicted molar refractivity (Wildman–Crippen MR) is 69.0 cm³/mol. The van der Waals surface area contributed by atoms with E-state index in [1.165, 1.54) is 0 Å². The number of rotatable bonds is 3. The summed E-state index contributed by atoms with van der Waals surface area (Å²) in [4.78, 5) is 8.60. The molecule has 5 nitrogen and oxygen atoms in total. The van der Waals surface area contributed by atoms with Crippen molar-refractivity contribution in [1.82, 2.24) is 9.88 Å². The van der Waals surface area contributed by atoms with Crippen molar-refractivity contribution in [1.29, 1.82) is 0 Å². The van der Waals surface area contributed by atoms with Gasteiger partial charge in [0.15, 0.2) is 0 Å². The highest BCUT2D eigenvalue weighted by atomic mass is 16.3. The van der Waals surface area contributed by atoms with E-state index in [0.29, 0.717) is 18.3 Å². The number of aliphatic hydroxyl groups is 1. The first-order valence-electron chi connectivity index (χ1n) is 5.87. The van der Waals surface area contributed by atoms with E-state index in [1.807, 2.05) is 20.2 Å². The Kier molecular flexibility index (Phi) is 3.49. The molecule has 5 heteroatoms. The summed E-state index contributed by atoms with van der Waals surface area (Å²) in [6.45, 7) is 1.54. The molecule has 0 spiro atoms. The Bertz CT molecular complexity index is 383. The van der Waals surface area contributed by atoms with Gasteiger partial charge in [-0.25, -0.2) is 4.98 Å². The molecule has 1 aromatic heterocycles. The minimum absolute atomic E-state index is 0.275. The SMILES string of the molecule is CN(C)CC1CC(O)CN1c1cc(N)ccn1. The van der Waals surface area contributed by atoms with Crippen LogP contribution in [-0.2, 0) is 0 Å². The lowest BCUT2D eigenvalue weighted by molar-refractivity contribution is 0.191. The molecule has 1 fully saturated rings. The van der Waals surface area contributed by atoms with Crippen LogP contribution in [0.2, 0.25) is 0 Å². The summed E-state index contributed by atoms with van der Waals surface area (Å²) >= 11 is 0. The summed E-state index contributed by atoms with van der Waals surface area (Å²) in [5, 5.41) is 9.79. The van der Waals surface area contributed by atoms with Crippen LogP contribution in [0.25, 0.3) is 0 Å². The minimum atomic E-state index is -0.275. The Morgan fingerprint density at radius 2 is 2.35 bits per heavy atom. The van der Waals surface area contributed by atoms with Crippen LogP contribution in [0.3, 0.4) is 0 Å². The Balaban J connectivity index is 2.17. The zero-order valence-corrected chi connectivity index (χ0v) is 10.4. The number of nitrogens with two attached hydrogens (primary N) is 1. The van der Waals surface area contributed by atoms with Crippen LogP contribution >= 0.6 is 0 Å². The fourth-order valence-corrected chi connectivity index (χ4v) is 2.36. The number of likely N-dealkylation sites (N-methyl/N-ethyl adjacent to an activating group) is 1. The van der Waals surface area contributed by atoms with Gasteiger partial charge in [0.25, 0.3) is 0 Å². The Labute approximate surface area is 102 Å². The van der Waals surface area contributed by atoms with Crippen LogP contribution in [0.5, 0.6) is 0 Å². The molecule has 1 aromatic rings. The zero-order chi connectivity index (χ0) is 12.4. The second-order valence-electron chi connectivity index (χ2n) is 4.91. The molecule has 0 radical (unpaired) electrons. The van der Waals surface area contributed by atoms with Crippen molar-refractivity contribution in [3.63, 3.8) is 0 Å². The van der Waals surface area contributed by atoms with Gasteiger partial charge in [0.05, 0.1) is 6.10 Å². The molecule has 2 unspecified atom stereocenters. The van der Waals surface area contributed by atoms with E-state index in [2.05, 4.69) is 14.8 Å². The first-order valence-corrected chi connectivity index (χ1v) is 5.87. The fraction of sp³-hybridized carbons (Fsp3) is 0.583. The molecular formula is C12H20N4O. The lowest BCUT2D eigenvalue weighted by Gasteiger charge is -2.27. The standard InChI is InChI=1S/C12H20N4O/c1-15(2)7-10-6-11(17)8-16(10)12-5-9(13)3-4-14-12/h3-5,10-11,17H,6-8H2,1-2H3,(H2,13,14). The molecule has 0 saturated carbocycles. The second-order valence-corrected chi connectivity index (χ2v) is 4.91. The van der Waals surface area contributed by atoms with Gasteiger partial charge >= 0.3 is 0 Å². The normalized spacial score (nSPS) is 24.6. The summed E-state index contributed by atoms with van der Waals surface area (Å²) in [5.41, 5.74) is 6.48. The smallest absolute Gasteiger partial charge is 0.130 e. The average Bonchev–Trinajstić information content (AvgIpc) is 2.58. The van der Waals surface area contributed by atoms with Crippen LogP contribution < -0.4 is 10.6 Å². The molecule has 1 aliphatic heterocycles. The first kappa shape index (κ1) is 12.1. The van der Waals surface area contributed by atoms with Gasteiger partial charge in [-0.15, -0.1) is 0 Å². The summed E-state index contributed by atoms with van der Waals surface area (Å²) in [6.07, 6.45) is 2.22. The van der Waals surface area contributed by atoms with Crippen LogP contribution in [0.4, 0.5) is 11.5 Å². The van der Waals surface area contributed by atoms with Gasteiger partial charge in [-0.1, -0.05) is 0 Å². The van der Waals surface area contributed by atoms with Crippen molar-refractivity contribution >= 4 is 11.5 Å². The minimum Gasteiger partial charge on any atom is -0.399 e. The van der Waals surface area contributed by atoms with Gasteiger partial charge in [0.2, 0.25) is 0 Å². The monoisotopic (exact) mass is 236 g/mol. The summed E-state index contributed by atoms with van der Waals surface area (Å²) in [6, 6.07) is 3.94. The number of nitrogens with zero attached hydrogens (tertiary/aromatic N) is 3. The van der Waals surface area contributed by atoms with Crippen molar-refractivity contribution in [2.45, 2.75) is 18.6 Å². The number of pyridine rings is 1. The topological polar surface area (TPSA) is 65.6 Å². The summed E-state index contributed by atoms with van der Waals surface area (Å²) in [7, 11) is 4.07. The van der Waals surface area contributed by atoms with Crippen LogP contribution in [0, 0.1) is 0 Å². The van der Waals surface area contributed by atoms with Gasteiger partial charge in [-0.2, -0.15) is 0 Å². The largest absolute Gasteiger partial charge is 0.399 e. The van der Waals surface area contributed by atoms with E-state index in [1.54, 1.807) is 12.3 Å². The molecule has 0 aliphatic carbocycles. The van der Waals surface area contributed by atoms with Crippen molar-refractivity contribution in [2.75, 3.05) is 37.8 Å². The van der Waals surface area contributed by atoms with Crippen LogP contribution in [-0.4, -0.2) is 54.3 Å². The number of aromatic nitrogens is 1. The number of anilines is 2. The predicted octanol–water partition coefficient (Wildman–Crippen LogP) is 0.165. The van der Waals surface area contributed by atoms with Crippen LogP contribution in [0.1, 0.15) is 6.42 Å². The molecule has 2 rings (SSSR count). The Morgan fingerprint density at radius 3 is 3.00 bits per heavy atom. The van der Waals surface area contributed by atoms with Gasteiger partial charge in [0.1, 0.15) is 5.82 Å². The highest BCUT2D eigenvalue weighted by Gasteiger charge is 2.31. The molecule has 2 heterocycles. The molecular weight excluding hydrogens is 216 g/mol. The molecule has 2 atom stereocenters. The second kappa shape index (κ2) is 4.89. The molecule has 17 heavy (non-hydrogen) atoms. The maximum Gasteiger partial charge on any atom is 0.130 e. The lowest BCUT2D eigenvalue weighted by atomic mass is 10.2. The highest BCUT2D eigenvalue weighted by Crippen LogP contribution is 2.25. The molecule has 0 aromatic carbocycles. The third-order valence-electron chi connectivity index (χ3n) is 3.03. The van der Waals surface area contributed by atoms with Crippen molar-refractivity contribution in [3.05, 3.63) is 18.3 Å². The quantitative estimate of drug-likeness (QED) is 0.783. The van der Waals surface area contributed by atoms with Crippen LogP contribution in [0.15, 0.2) is 18.3 Å². The van der Waals surface area contributed by atoms with E-state index >= 15 is 0 Å². The number of hydrogen-bond donors (Lipinski definition) is 2. The van der Waals surface area contributed by atoms with Gasteiger partial charge < -0.3 is 20.6 Å². The Hall–Kier alpha value is -1.33. The maximum absolute atomic E-state index is 9.79. The van der Waals surface area contributed by atoms with E-state index in [0.717, 1.165) is 18.8 Å². The average molecular weight is 236 g/mol. The van der Waals surface area contributed by atoms with Crippen molar-refractivity contribution < 1.29 is 5.11 Å². The number of nitrogen functional groups attached to an aromatic ring is 1. The lowest BCUT2D eigenvalue weighted by Crippen LogP contribution is -2.38. The molecule has 3 N–H and O–H groups in total. The van der Waals surface area contributed by atoms with E-state index in [-0.39, 0.29) is 6.10 Å². The van der Waals surface area contributed by atoms with E-state index in [9.17, 15) is 5.11 Å². The van der Waals surface area contributed by atoms with Gasteiger partial charge in [-0.05, 0) is 26.6 Å². The summed E-state index contributed by atoms with van der Waals surface area (Å²) < 4.78 is 0. The van der Waals surface area contributed by atoms with E-state index < -0.39 is 0 Å². The van der Waals surface area contributed by atoms with Gasteiger partial charge in [-0.3, -0.25) is 0 Å².